The van der Waals surface area contributed by atoms with Gasteiger partial charge >= 0.3 is 0 Å². The van der Waals surface area contributed by atoms with Gasteiger partial charge in [-0.1, -0.05) is 6.42 Å². The van der Waals surface area contributed by atoms with Crippen LogP contribution in [0.2, 0.25) is 0 Å². The molecular formula is C17H22N4O2S. The summed E-state index contributed by atoms with van der Waals surface area (Å²) in [5.74, 6) is 0.105. The zero-order valence-corrected chi connectivity index (χ0v) is 14.6. The summed E-state index contributed by atoms with van der Waals surface area (Å²) in [5.41, 5.74) is 1.43. The van der Waals surface area contributed by atoms with Crippen LogP contribution in [-0.4, -0.2) is 40.5 Å². The maximum atomic E-state index is 12.4. The van der Waals surface area contributed by atoms with Crippen LogP contribution in [0.4, 0.5) is 5.13 Å². The number of amides is 1. The van der Waals surface area contributed by atoms with Gasteiger partial charge in [0.15, 0.2) is 5.13 Å². The first-order valence-corrected chi connectivity index (χ1v) is 9.20. The third-order valence-electron chi connectivity index (χ3n) is 3.90. The molecule has 128 valence electrons. The number of pyridine rings is 1. The molecule has 1 fully saturated rings. The van der Waals surface area contributed by atoms with Gasteiger partial charge in [0.1, 0.15) is 5.56 Å². The molecule has 2 aromatic rings. The van der Waals surface area contributed by atoms with Gasteiger partial charge in [0.05, 0.1) is 12.3 Å². The Morgan fingerprint density at radius 2 is 2.21 bits per heavy atom. The molecule has 1 amide bonds. The normalized spacial score (nSPS) is 15.2. The fourth-order valence-electron chi connectivity index (χ4n) is 2.76. The minimum absolute atomic E-state index is 0.245. The molecule has 0 spiro atoms. The average Bonchev–Trinajstić information content (AvgIpc) is 3.03. The minimum Gasteiger partial charge on any atom is -0.477 e. The van der Waals surface area contributed by atoms with E-state index in [1.54, 1.807) is 18.3 Å². The topological polar surface area (TPSA) is 67.3 Å². The summed E-state index contributed by atoms with van der Waals surface area (Å²) in [6.45, 7) is 5.45. The van der Waals surface area contributed by atoms with E-state index >= 15 is 0 Å². The van der Waals surface area contributed by atoms with Crippen LogP contribution in [0.15, 0.2) is 23.7 Å². The van der Waals surface area contributed by atoms with E-state index in [0.717, 1.165) is 25.3 Å². The number of nitrogens with one attached hydrogen (secondary N) is 1. The maximum absolute atomic E-state index is 12.4. The predicted octanol–water partition coefficient (Wildman–Crippen LogP) is 3.18. The van der Waals surface area contributed by atoms with Gasteiger partial charge in [-0.3, -0.25) is 15.0 Å². The molecule has 0 aromatic carbocycles. The van der Waals surface area contributed by atoms with Crippen LogP contribution in [-0.2, 0) is 6.54 Å². The second kappa shape index (κ2) is 8.21. The smallest absolute Gasteiger partial charge is 0.262 e. The predicted molar refractivity (Wildman–Crippen MR) is 94.6 cm³/mol. The van der Waals surface area contributed by atoms with E-state index in [-0.39, 0.29) is 5.91 Å². The largest absolute Gasteiger partial charge is 0.477 e. The molecular weight excluding hydrogens is 324 g/mol. The fraction of sp³-hybridized carbons (Fsp3) is 0.471. The Labute approximate surface area is 145 Å². The Morgan fingerprint density at radius 1 is 1.38 bits per heavy atom. The Kier molecular flexibility index (Phi) is 5.77. The Hall–Kier alpha value is -1.99. The lowest BCUT2D eigenvalue weighted by atomic mass is 10.1. The van der Waals surface area contributed by atoms with Crippen LogP contribution in [0, 0.1) is 0 Å². The number of carbonyl (C=O) groups excluding carboxylic acids is 1. The molecule has 1 N–H and O–H groups in total. The first kappa shape index (κ1) is 16.9. The van der Waals surface area contributed by atoms with Crippen LogP contribution in [0.25, 0.3) is 0 Å². The SMILES string of the molecule is CCOc1ncccc1C(=O)Nc1nc(CN2CCCCC2)cs1. The van der Waals surface area contributed by atoms with E-state index in [1.165, 1.54) is 30.6 Å². The van der Waals surface area contributed by atoms with Crippen molar-refractivity contribution >= 4 is 22.4 Å². The van der Waals surface area contributed by atoms with Crippen LogP contribution >= 0.6 is 11.3 Å². The number of ether oxygens (including phenoxy) is 1. The quantitative estimate of drug-likeness (QED) is 0.870. The van der Waals surface area contributed by atoms with Gasteiger partial charge in [0.25, 0.3) is 5.91 Å². The zero-order valence-electron chi connectivity index (χ0n) is 13.8. The molecule has 0 atom stereocenters. The van der Waals surface area contributed by atoms with Crippen molar-refractivity contribution in [3.8, 4) is 5.88 Å². The first-order chi connectivity index (χ1) is 11.8. The van der Waals surface area contributed by atoms with Crippen molar-refractivity contribution in [3.05, 3.63) is 35.0 Å². The van der Waals surface area contributed by atoms with Crippen molar-refractivity contribution in [2.24, 2.45) is 0 Å². The summed E-state index contributed by atoms with van der Waals surface area (Å²) in [5, 5.41) is 5.46. The molecule has 7 heteroatoms. The van der Waals surface area contributed by atoms with Gasteiger partial charge in [0.2, 0.25) is 5.88 Å². The summed E-state index contributed by atoms with van der Waals surface area (Å²) in [7, 11) is 0. The molecule has 0 saturated carbocycles. The van der Waals surface area contributed by atoms with Gasteiger partial charge in [-0.25, -0.2) is 9.97 Å². The second-order valence-electron chi connectivity index (χ2n) is 5.72. The number of hydrogen-bond acceptors (Lipinski definition) is 6. The van der Waals surface area contributed by atoms with E-state index in [0.29, 0.717) is 23.2 Å². The number of rotatable bonds is 6. The fourth-order valence-corrected chi connectivity index (χ4v) is 3.46. The number of piperidine rings is 1. The Bertz CT molecular complexity index is 683. The van der Waals surface area contributed by atoms with E-state index in [2.05, 4.69) is 20.2 Å². The zero-order chi connectivity index (χ0) is 16.8. The van der Waals surface area contributed by atoms with Crippen LogP contribution in [0.1, 0.15) is 42.2 Å². The Morgan fingerprint density at radius 3 is 3.00 bits per heavy atom. The van der Waals surface area contributed by atoms with E-state index < -0.39 is 0 Å². The number of thiazole rings is 1. The van der Waals surface area contributed by atoms with Crippen molar-refractivity contribution in [3.63, 3.8) is 0 Å². The summed E-state index contributed by atoms with van der Waals surface area (Å²) < 4.78 is 5.41. The highest BCUT2D eigenvalue weighted by molar-refractivity contribution is 7.14. The minimum atomic E-state index is -0.245. The molecule has 0 aliphatic carbocycles. The van der Waals surface area contributed by atoms with Crippen LogP contribution in [0.3, 0.4) is 0 Å². The standard InChI is InChI=1S/C17H22N4O2S/c1-2-23-16-14(7-6-8-18-16)15(22)20-17-19-13(12-24-17)11-21-9-4-3-5-10-21/h6-8,12H,2-5,9-11H2,1H3,(H,19,20,22). The van der Waals surface area contributed by atoms with E-state index in [9.17, 15) is 4.79 Å². The van der Waals surface area contributed by atoms with Crippen molar-refractivity contribution in [2.75, 3.05) is 25.0 Å². The molecule has 3 rings (SSSR count). The molecule has 0 radical (unpaired) electrons. The molecule has 3 heterocycles. The second-order valence-corrected chi connectivity index (χ2v) is 6.58. The molecule has 2 aromatic heterocycles. The van der Waals surface area contributed by atoms with Crippen molar-refractivity contribution < 1.29 is 9.53 Å². The van der Waals surface area contributed by atoms with Crippen LogP contribution in [0.5, 0.6) is 5.88 Å². The molecule has 24 heavy (non-hydrogen) atoms. The van der Waals surface area contributed by atoms with Crippen molar-refractivity contribution in [1.29, 1.82) is 0 Å². The highest BCUT2D eigenvalue weighted by Gasteiger charge is 2.16. The van der Waals surface area contributed by atoms with Gasteiger partial charge in [-0.05, 0) is 45.0 Å². The van der Waals surface area contributed by atoms with Gasteiger partial charge in [-0.15, -0.1) is 11.3 Å². The lowest BCUT2D eigenvalue weighted by Gasteiger charge is -2.25. The summed E-state index contributed by atoms with van der Waals surface area (Å²) in [4.78, 5) is 23.5. The van der Waals surface area contributed by atoms with E-state index in [4.69, 9.17) is 4.74 Å². The first-order valence-electron chi connectivity index (χ1n) is 8.32. The molecule has 0 unspecified atom stereocenters. The third kappa shape index (κ3) is 4.30. The third-order valence-corrected chi connectivity index (χ3v) is 4.71. The summed E-state index contributed by atoms with van der Waals surface area (Å²) in [6.07, 6.45) is 5.45. The Balaban J connectivity index is 1.63. The monoisotopic (exact) mass is 346 g/mol. The summed E-state index contributed by atoms with van der Waals surface area (Å²) in [6, 6.07) is 3.43. The average molecular weight is 346 g/mol. The molecule has 1 aliphatic rings. The highest BCUT2D eigenvalue weighted by atomic mass is 32.1. The lowest BCUT2D eigenvalue weighted by molar-refractivity contribution is 0.102. The molecule has 6 nitrogen and oxygen atoms in total. The van der Waals surface area contributed by atoms with Crippen LogP contribution < -0.4 is 10.1 Å². The van der Waals surface area contributed by atoms with Gasteiger partial charge < -0.3 is 4.74 Å². The molecule has 1 saturated heterocycles. The number of nitrogens with zero attached hydrogens (tertiary/aromatic N) is 3. The molecule has 0 bridgehead atoms. The van der Waals surface area contributed by atoms with Gasteiger partial charge in [-0.2, -0.15) is 0 Å². The number of carbonyl (C=O) groups is 1. The van der Waals surface area contributed by atoms with E-state index in [1.807, 2.05) is 12.3 Å². The maximum Gasteiger partial charge on any atom is 0.262 e. The van der Waals surface area contributed by atoms with Crippen molar-refractivity contribution in [2.45, 2.75) is 32.7 Å². The summed E-state index contributed by atoms with van der Waals surface area (Å²) >= 11 is 1.45. The number of anilines is 1. The number of likely N-dealkylation sites (tertiary alicyclic amines) is 1. The lowest BCUT2D eigenvalue weighted by Crippen LogP contribution is -2.29. The number of aromatic nitrogens is 2. The molecule has 1 aliphatic heterocycles. The number of hydrogen-bond donors (Lipinski definition) is 1. The highest BCUT2D eigenvalue weighted by Crippen LogP contribution is 2.21. The van der Waals surface area contributed by atoms with Gasteiger partial charge in [0, 0.05) is 18.1 Å². The van der Waals surface area contributed by atoms with Crippen molar-refractivity contribution in [1.82, 2.24) is 14.9 Å².